The van der Waals surface area contributed by atoms with Crippen LogP contribution in [0.1, 0.15) is 81.8 Å². The van der Waals surface area contributed by atoms with Gasteiger partial charge in [0.05, 0.1) is 5.56 Å². The summed E-state index contributed by atoms with van der Waals surface area (Å²) < 4.78 is 53.7. The Morgan fingerprint density at radius 1 is 0.964 bits per heavy atom. The van der Waals surface area contributed by atoms with Gasteiger partial charge in [0.2, 0.25) is 0 Å². The number of hydrogen-bond acceptors (Lipinski definition) is 0. The second-order valence-electron chi connectivity index (χ2n) is 8.32. The fourth-order valence-corrected chi connectivity index (χ4v) is 4.63. The van der Waals surface area contributed by atoms with Gasteiger partial charge in [0.1, 0.15) is 11.6 Å². The Morgan fingerprint density at radius 2 is 1.57 bits per heavy atom. The first-order valence-corrected chi connectivity index (χ1v) is 10.5. The maximum absolute atomic E-state index is 14.5. The number of halogens is 4. The second kappa shape index (κ2) is 9.63. The van der Waals surface area contributed by atoms with Crippen molar-refractivity contribution in [1.29, 1.82) is 0 Å². The molecule has 2 aliphatic rings. The molecule has 0 aliphatic heterocycles. The first kappa shape index (κ1) is 21.0. The minimum Gasteiger partial charge on any atom is -0.206 e. The van der Waals surface area contributed by atoms with Crippen LogP contribution in [0.2, 0.25) is 0 Å². The Morgan fingerprint density at radius 3 is 2.11 bits per heavy atom. The summed E-state index contributed by atoms with van der Waals surface area (Å²) in [6.45, 7) is 2.19. The number of benzene rings is 1. The molecular formula is C24H28F4. The van der Waals surface area contributed by atoms with E-state index < -0.39 is 17.7 Å². The summed E-state index contributed by atoms with van der Waals surface area (Å²) in [5.74, 6) is 5.35. The molecule has 2 aliphatic carbocycles. The van der Waals surface area contributed by atoms with Gasteiger partial charge >= 0.3 is 0 Å². The molecule has 0 spiro atoms. The van der Waals surface area contributed by atoms with Crippen LogP contribution in [0.3, 0.4) is 0 Å². The fraction of sp³-hybridized carbons (Fsp3) is 0.583. The van der Waals surface area contributed by atoms with Gasteiger partial charge in [-0.2, -0.15) is 8.78 Å². The molecule has 0 atom stereocenters. The lowest BCUT2D eigenvalue weighted by atomic mass is 9.77. The van der Waals surface area contributed by atoms with E-state index in [1.54, 1.807) is 0 Å². The minimum absolute atomic E-state index is 0.00937. The van der Waals surface area contributed by atoms with Crippen molar-refractivity contribution in [2.75, 3.05) is 0 Å². The molecule has 0 heterocycles. The predicted molar refractivity (Wildman–Crippen MR) is 104 cm³/mol. The molecular weight excluding hydrogens is 364 g/mol. The molecule has 1 aromatic rings. The van der Waals surface area contributed by atoms with Crippen LogP contribution in [0.4, 0.5) is 17.6 Å². The number of allylic oxidation sites excluding steroid dienone is 1. The molecule has 0 N–H and O–H groups in total. The highest BCUT2D eigenvalue weighted by atomic mass is 19.3. The summed E-state index contributed by atoms with van der Waals surface area (Å²) >= 11 is 0. The zero-order chi connectivity index (χ0) is 20.1. The van der Waals surface area contributed by atoms with Gasteiger partial charge < -0.3 is 0 Å². The summed E-state index contributed by atoms with van der Waals surface area (Å²) in [6, 6.07) is 2.91. The molecule has 0 nitrogen and oxygen atoms in total. The van der Waals surface area contributed by atoms with E-state index in [0.717, 1.165) is 43.2 Å². The van der Waals surface area contributed by atoms with Crippen LogP contribution in [0.15, 0.2) is 24.3 Å². The van der Waals surface area contributed by atoms with Gasteiger partial charge in [-0.1, -0.05) is 25.2 Å². The quantitative estimate of drug-likeness (QED) is 0.367. The first-order valence-electron chi connectivity index (χ1n) is 10.5. The summed E-state index contributed by atoms with van der Waals surface area (Å²) in [6.07, 6.45) is 7.41. The number of hydrogen-bond donors (Lipinski definition) is 0. The molecule has 4 heteroatoms. The van der Waals surface area contributed by atoms with Crippen LogP contribution < -0.4 is 0 Å². The molecule has 0 bridgehead atoms. The Bertz CT molecular complexity index is 728. The van der Waals surface area contributed by atoms with Crippen LogP contribution >= 0.6 is 0 Å². The predicted octanol–water partition coefficient (Wildman–Crippen LogP) is 7.59. The van der Waals surface area contributed by atoms with E-state index in [-0.39, 0.29) is 23.3 Å². The van der Waals surface area contributed by atoms with E-state index in [1.807, 2.05) is 0 Å². The smallest absolute Gasteiger partial charge is 0.206 e. The van der Waals surface area contributed by atoms with Crippen LogP contribution in [0.25, 0.3) is 0 Å². The Hall–Kier alpha value is -1.76. The van der Waals surface area contributed by atoms with Crippen molar-refractivity contribution in [2.24, 2.45) is 17.8 Å². The van der Waals surface area contributed by atoms with Crippen LogP contribution in [-0.2, 0) is 0 Å². The lowest BCUT2D eigenvalue weighted by Gasteiger charge is -2.28. The third-order valence-corrected chi connectivity index (χ3v) is 6.49. The lowest BCUT2D eigenvalue weighted by Crippen LogP contribution is -2.13. The molecule has 0 saturated heterocycles. The zero-order valence-corrected chi connectivity index (χ0v) is 16.4. The van der Waals surface area contributed by atoms with Crippen LogP contribution in [0, 0.1) is 41.2 Å². The zero-order valence-electron chi connectivity index (χ0n) is 16.4. The largest absolute Gasteiger partial charge is 0.266 e. The van der Waals surface area contributed by atoms with Crippen LogP contribution in [0.5, 0.6) is 0 Å². The third-order valence-electron chi connectivity index (χ3n) is 6.49. The Balaban J connectivity index is 1.65. The third kappa shape index (κ3) is 5.40. The monoisotopic (exact) mass is 392 g/mol. The second-order valence-corrected chi connectivity index (χ2v) is 8.32. The highest BCUT2D eigenvalue weighted by Gasteiger charge is 2.23. The van der Waals surface area contributed by atoms with Crippen molar-refractivity contribution in [2.45, 2.75) is 70.6 Å². The highest BCUT2D eigenvalue weighted by molar-refractivity contribution is 5.40. The first-order chi connectivity index (χ1) is 13.5. The Labute approximate surface area is 165 Å². The van der Waals surface area contributed by atoms with Gasteiger partial charge in [-0.15, -0.1) is 0 Å². The lowest BCUT2D eigenvalue weighted by molar-refractivity contribution is 0.318. The highest BCUT2D eigenvalue weighted by Crippen LogP contribution is 2.38. The molecule has 0 aromatic heterocycles. The number of rotatable bonds is 3. The van der Waals surface area contributed by atoms with Gasteiger partial charge in [0.15, 0.2) is 0 Å². The summed E-state index contributed by atoms with van der Waals surface area (Å²) in [7, 11) is 0. The summed E-state index contributed by atoms with van der Waals surface area (Å²) in [5.41, 5.74) is 0.582. The van der Waals surface area contributed by atoms with Crippen molar-refractivity contribution < 1.29 is 17.6 Å². The topological polar surface area (TPSA) is 0 Å². The fourth-order valence-electron chi connectivity index (χ4n) is 4.63. The maximum atomic E-state index is 14.5. The van der Waals surface area contributed by atoms with Crippen molar-refractivity contribution >= 4 is 0 Å². The van der Waals surface area contributed by atoms with E-state index in [1.165, 1.54) is 18.6 Å². The summed E-state index contributed by atoms with van der Waals surface area (Å²) in [5, 5.41) is 0. The average molecular weight is 392 g/mol. The SMILES string of the molecule is CC[C@H]1CC[C@H](c2cc(F)c(C#C[C@H]3CC[C@H](C=C(F)F)CC3)c(F)c2)CC1. The molecule has 3 rings (SSSR count). The minimum atomic E-state index is -1.64. The molecule has 152 valence electrons. The molecule has 28 heavy (non-hydrogen) atoms. The Kier molecular flexibility index (Phi) is 7.21. The van der Waals surface area contributed by atoms with Crippen molar-refractivity contribution in [1.82, 2.24) is 0 Å². The molecule has 1 aromatic carbocycles. The van der Waals surface area contributed by atoms with Crippen molar-refractivity contribution in [3.63, 3.8) is 0 Å². The molecule has 2 fully saturated rings. The van der Waals surface area contributed by atoms with E-state index in [2.05, 4.69) is 18.8 Å². The maximum Gasteiger partial charge on any atom is 0.266 e. The average Bonchev–Trinajstić information content (AvgIpc) is 2.68. The van der Waals surface area contributed by atoms with Crippen molar-refractivity contribution in [3.8, 4) is 11.8 Å². The van der Waals surface area contributed by atoms with Gasteiger partial charge in [-0.25, -0.2) is 8.78 Å². The molecule has 2 saturated carbocycles. The van der Waals surface area contributed by atoms with Crippen LogP contribution in [-0.4, -0.2) is 0 Å². The standard InChI is InChI=1S/C24H28F4/c1-2-16-7-10-19(11-8-16)20-14-22(25)21(23(26)15-20)12-9-17-3-5-18(6-4-17)13-24(27)28/h13-19H,2-8,10-11H2,1H3/t16-,17-,18-,19-. The van der Waals surface area contributed by atoms with Gasteiger partial charge in [0, 0.05) is 5.92 Å². The molecule has 0 radical (unpaired) electrons. The van der Waals surface area contributed by atoms with E-state index in [0.29, 0.717) is 25.7 Å². The van der Waals surface area contributed by atoms with Gasteiger partial charge in [-0.05, 0) is 92.9 Å². The van der Waals surface area contributed by atoms with Gasteiger partial charge in [-0.3, -0.25) is 0 Å². The van der Waals surface area contributed by atoms with E-state index >= 15 is 0 Å². The molecule has 0 amide bonds. The molecule has 0 unspecified atom stereocenters. The van der Waals surface area contributed by atoms with Crippen molar-refractivity contribution in [3.05, 3.63) is 47.1 Å². The van der Waals surface area contributed by atoms with Gasteiger partial charge in [0.25, 0.3) is 6.08 Å². The van der Waals surface area contributed by atoms with E-state index in [4.69, 9.17) is 0 Å². The normalized spacial score (nSPS) is 27.6. The summed E-state index contributed by atoms with van der Waals surface area (Å²) in [4.78, 5) is 0. The van der Waals surface area contributed by atoms with E-state index in [9.17, 15) is 17.6 Å².